The maximum Gasteiger partial charge on any atom is 0.264 e. The van der Waals surface area contributed by atoms with Crippen LogP contribution in [0.1, 0.15) is 25.7 Å². The molecule has 2 fully saturated rings. The molecule has 2 aliphatic rings. The molecule has 0 unspecified atom stereocenters. The summed E-state index contributed by atoms with van der Waals surface area (Å²) >= 11 is 0. The molecular formula is C9H15NO4S. The van der Waals surface area contributed by atoms with Crippen LogP contribution in [-0.2, 0) is 19.1 Å². The van der Waals surface area contributed by atoms with E-state index >= 15 is 0 Å². The first-order chi connectivity index (χ1) is 6.91. The zero-order valence-corrected chi connectivity index (χ0v) is 9.47. The Kier molecular flexibility index (Phi) is 2.50. The predicted molar refractivity (Wildman–Crippen MR) is 53.6 cm³/mol. The molecular weight excluding hydrogens is 218 g/mol. The van der Waals surface area contributed by atoms with E-state index in [1.165, 1.54) is 0 Å². The van der Waals surface area contributed by atoms with Gasteiger partial charge in [-0.2, -0.15) is 8.42 Å². The second-order valence-electron chi connectivity index (χ2n) is 4.42. The van der Waals surface area contributed by atoms with Crippen LogP contribution in [0.3, 0.4) is 0 Å². The third-order valence-electron chi connectivity index (χ3n) is 3.18. The molecule has 6 heteroatoms. The quantitative estimate of drug-likeness (QED) is 0.695. The Morgan fingerprint density at radius 2 is 2.33 bits per heavy atom. The summed E-state index contributed by atoms with van der Waals surface area (Å²) in [5.74, 6) is 0.507. The van der Waals surface area contributed by atoms with Crippen molar-refractivity contribution in [2.24, 2.45) is 5.92 Å². The maximum absolute atomic E-state index is 11.0. The van der Waals surface area contributed by atoms with Gasteiger partial charge in [0, 0.05) is 12.0 Å². The predicted octanol–water partition coefficient (Wildman–Crippen LogP) is 0.0214. The third-order valence-corrected chi connectivity index (χ3v) is 3.78. The average molecular weight is 233 g/mol. The molecule has 1 amide bonds. The van der Waals surface area contributed by atoms with Crippen LogP contribution in [-0.4, -0.2) is 32.7 Å². The van der Waals surface area contributed by atoms with Crippen LogP contribution in [0, 0.1) is 5.92 Å². The van der Waals surface area contributed by atoms with Gasteiger partial charge in [0.2, 0.25) is 5.91 Å². The molecule has 0 aromatic carbocycles. The maximum atomic E-state index is 11.0. The second kappa shape index (κ2) is 3.45. The molecule has 86 valence electrons. The van der Waals surface area contributed by atoms with E-state index in [-0.39, 0.29) is 18.1 Å². The van der Waals surface area contributed by atoms with Gasteiger partial charge in [-0.25, -0.2) is 0 Å². The fourth-order valence-corrected chi connectivity index (χ4v) is 2.70. The van der Waals surface area contributed by atoms with Gasteiger partial charge in [-0.3, -0.25) is 8.98 Å². The fourth-order valence-electron chi connectivity index (χ4n) is 2.30. The minimum atomic E-state index is -3.33. The topological polar surface area (TPSA) is 72.5 Å². The van der Waals surface area contributed by atoms with Gasteiger partial charge >= 0.3 is 0 Å². The normalized spacial score (nSPS) is 34.5. The lowest BCUT2D eigenvalue weighted by molar-refractivity contribution is -0.119. The van der Waals surface area contributed by atoms with Crippen LogP contribution < -0.4 is 5.32 Å². The van der Waals surface area contributed by atoms with Gasteiger partial charge in [0.15, 0.2) is 0 Å². The van der Waals surface area contributed by atoms with Crippen LogP contribution in [0.2, 0.25) is 0 Å². The monoisotopic (exact) mass is 233 g/mol. The number of carbonyl (C=O) groups is 1. The standard InChI is InChI=1S/C9H15NO4S/c1-15(12,13)14-5-3-7-6-9(7)4-2-8(11)10-9/h7H,2-6H2,1H3,(H,10,11)/t7-,9-/m0/s1. The van der Waals surface area contributed by atoms with Crippen molar-refractivity contribution in [1.29, 1.82) is 0 Å². The Morgan fingerprint density at radius 3 is 2.87 bits per heavy atom. The molecule has 1 aliphatic heterocycles. The van der Waals surface area contributed by atoms with E-state index < -0.39 is 10.1 Å². The van der Waals surface area contributed by atoms with Gasteiger partial charge in [0.1, 0.15) is 0 Å². The molecule has 0 aromatic rings. The van der Waals surface area contributed by atoms with Crippen molar-refractivity contribution in [3.63, 3.8) is 0 Å². The molecule has 1 spiro atoms. The molecule has 15 heavy (non-hydrogen) atoms. The zero-order chi connectivity index (χ0) is 11.1. The second-order valence-corrected chi connectivity index (χ2v) is 6.06. The van der Waals surface area contributed by atoms with Crippen LogP contribution in [0.4, 0.5) is 0 Å². The van der Waals surface area contributed by atoms with Crippen LogP contribution in [0.15, 0.2) is 0 Å². The van der Waals surface area contributed by atoms with E-state index in [4.69, 9.17) is 0 Å². The zero-order valence-electron chi connectivity index (χ0n) is 8.65. The van der Waals surface area contributed by atoms with E-state index in [9.17, 15) is 13.2 Å². The Bertz CT molecular complexity index is 378. The van der Waals surface area contributed by atoms with Gasteiger partial charge in [0.05, 0.1) is 12.9 Å². The average Bonchev–Trinajstić information content (AvgIpc) is 2.58. The van der Waals surface area contributed by atoms with Crippen LogP contribution >= 0.6 is 0 Å². The van der Waals surface area contributed by atoms with Crippen molar-refractivity contribution in [3.8, 4) is 0 Å². The van der Waals surface area contributed by atoms with Gasteiger partial charge in [-0.1, -0.05) is 0 Å². The van der Waals surface area contributed by atoms with Crippen LogP contribution in [0.25, 0.3) is 0 Å². The molecule has 0 bridgehead atoms. The minimum absolute atomic E-state index is 0.0159. The molecule has 1 N–H and O–H groups in total. The molecule has 2 rings (SSSR count). The minimum Gasteiger partial charge on any atom is -0.350 e. The highest BCUT2D eigenvalue weighted by atomic mass is 32.2. The van der Waals surface area contributed by atoms with Gasteiger partial charge in [-0.15, -0.1) is 0 Å². The van der Waals surface area contributed by atoms with Gasteiger partial charge in [-0.05, 0) is 25.2 Å². The summed E-state index contributed by atoms with van der Waals surface area (Å²) in [6, 6.07) is 0. The summed E-state index contributed by atoms with van der Waals surface area (Å²) in [6.07, 6.45) is 4.20. The summed E-state index contributed by atoms with van der Waals surface area (Å²) < 4.78 is 26.1. The van der Waals surface area contributed by atoms with Gasteiger partial charge in [0.25, 0.3) is 10.1 Å². The van der Waals surface area contributed by atoms with Crippen molar-refractivity contribution in [1.82, 2.24) is 5.32 Å². The molecule has 5 nitrogen and oxygen atoms in total. The van der Waals surface area contributed by atoms with Gasteiger partial charge < -0.3 is 5.32 Å². The smallest absolute Gasteiger partial charge is 0.264 e. The Labute approximate surface area is 89.3 Å². The lowest BCUT2D eigenvalue weighted by Gasteiger charge is -2.08. The van der Waals surface area contributed by atoms with E-state index in [2.05, 4.69) is 9.50 Å². The van der Waals surface area contributed by atoms with E-state index in [1.807, 2.05) is 0 Å². The van der Waals surface area contributed by atoms with Crippen molar-refractivity contribution in [2.45, 2.75) is 31.2 Å². The number of carbonyl (C=O) groups excluding carboxylic acids is 1. The lowest BCUT2D eigenvalue weighted by atomic mass is 10.1. The van der Waals surface area contributed by atoms with Crippen molar-refractivity contribution < 1.29 is 17.4 Å². The molecule has 0 aromatic heterocycles. The summed E-state index contributed by atoms with van der Waals surface area (Å²) in [6.45, 7) is 0.223. The van der Waals surface area contributed by atoms with E-state index in [1.54, 1.807) is 0 Å². The van der Waals surface area contributed by atoms with Crippen LogP contribution in [0.5, 0.6) is 0 Å². The summed E-state index contributed by atoms with van der Waals surface area (Å²) in [4.78, 5) is 11.0. The molecule has 1 saturated heterocycles. The first kappa shape index (κ1) is 10.9. The molecule has 1 heterocycles. The van der Waals surface area contributed by atoms with Crippen molar-refractivity contribution in [2.75, 3.05) is 12.9 Å². The summed E-state index contributed by atoms with van der Waals surface area (Å²) in [7, 11) is -3.33. The first-order valence-corrected chi connectivity index (χ1v) is 6.88. The fraction of sp³-hybridized carbons (Fsp3) is 0.889. The number of rotatable bonds is 4. The Balaban J connectivity index is 1.74. The van der Waals surface area contributed by atoms with Crippen molar-refractivity contribution in [3.05, 3.63) is 0 Å². The highest BCUT2D eigenvalue weighted by molar-refractivity contribution is 7.85. The number of hydrogen-bond acceptors (Lipinski definition) is 4. The third kappa shape index (κ3) is 2.49. The van der Waals surface area contributed by atoms with E-state index in [0.717, 1.165) is 19.1 Å². The largest absolute Gasteiger partial charge is 0.350 e. The molecule has 1 saturated carbocycles. The molecule has 2 atom stereocenters. The number of hydrogen-bond donors (Lipinski definition) is 1. The summed E-state index contributed by atoms with van der Waals surface area (Å²) in [5, 5.41) is 2.96. The highest BCUT2D eigenvalue weighted by Gasteiger charge is 2.57. The first-order valence-electron chi connectivity index (χ1n) is 5.07. The number of amides is 1. The Hall–Kier alpha value is -0.620. The number of nitrogens with one attached hydrogen (secondary N) is 1. The summed E-state index contributed by atoms with van der Waals surface area (Å²) in [5.41, 5.74) is -0.0159. The molecule has 0 radical (unpaired) electrons. The SMILES string of the molecule is CS(=O)(=O)OCC[C@H]1C[C@@]12CCC(=O)N2. The lowest BCUT2D eigenvalue weighted by Crippen LogP contribution is -2.29. The van der Waals surface area contributed by atoms with E-state index in [0.29, 0.717) is 18.8 Å². The highest BCUT2D eigenvalue weighted by Crippen LogP contribution is 2.51. The Morgan fingerprint density at radius 1 is 1.60 bits per heavy atom. The molecule has 1 aliphatic carbocycles. The van der Waals surface area contributed by atoms with Crippen molar-refractivity contribution >= 4 is 16.0 Å².